The minimum atomic E-state index is -0.755. The molecule has 37 heavy (non-hydrogen) atoms. The minimum Gasteiger partial charge on any atom is -0.463 e. The summed E-state index contributed by atoms with van der Waals surface area (Å²) in [5, 5.41) is 0. The Kier molecular flexibility index (Phi) is 12.6. The lowest BCUT2D eigenvalue weighted by molar-refractivity contribution is -0.242. The molecule has 0 amide bonds. The Morgan fingerprint density at radius 3 is 1.65 bits per heavy atom. The molecule has 0 saturated carbocycles. The standard InChI is InChI=1S/C30H54O7/c1-6-7-8-9-10-11-12-13-14-15-16-17-18-19-20-21-24(31)32-22-23-25-26(35-29(2,3)34-25)27-28(33-23)37-30(4,5)36-27/h23,25-28H,6-22H2,1-5H3/t23-,25+,26+,27-,28-/m1/s1. The lowest BCUT2D eigenvalue weighted by Crippen LogP contribution is -2.56. The highest BCUT2D eigenvalue weighted by molar-refractivity contribution is 5.69. The highest BCUT2D eigenvalue weighted by Crippen LogP contribution is 2.44. The largest absolute Gasteiger partial charge is 0.463 e. The fraction of sp³-hybridized carbons (Fsp3) is 0.967. The van der Waals surface area contributed by atoms with E-state index in [0.717, 1.165) is 12.8 Å². The lowest BCUT2D eigenvalue weighted by atomic mass is 9.99. The van der Waals surface area contributed by atoms with E-state index in [4.69, 9.17) is 28.4 Å². The molecule has 7 heteroatoms. The first-order valence-corrected chi connectivity index (χ1v) is 15.2. The normalized spacial score (nSPS) is 29.7. The smallest absolute Gasteiger partial charge is 0.305 e. The molecule has 0 N–H and O–H groups in total. The van der Waals surface area contributed by atoms with E-state index >= 15 is 0 Å². The molecule has 5 atom stereocenters. The van der Waals surface area contributed by atoms with Gasteiger partial charge in [-0.25, -0.2) is 0 Å². The van der Waals surface area contributed by atoms with Gasteiger partial charge >= 0.3 is 5.97 Å². The zero-order chi connectivity index (χ0) is 26.7. The topological polar surface area (TPSA) is 72.5 Å². The van der Waals surface area contributed by atoms with Gasteiger partial charge in [0.25, 0.3) is 0 Å². The SMILES string of the molecule is CCCCCCCCCCCCCCCCCC(=O)OC[C@H]1O[C@@H]2OC(C)(C)O[C@@H]2[C@H]2OC(C)(C)O[C@H]21. The Morgan fingerprint density at radius 2 is 1.08 bits per heavy atom. The molecular formula is C30H54O7. The summed E-state index contributed by atoms with van der Waals surface area (Å²) in [5.74, 6) is -1.69. The summed E-state index contributed by atoms with van der Waals surface area (Å²) < 4.78 is 35.8. The van der Waals surface area contributed by atoms with Crippen molar-refractivity contribution in [3.63, 3.8) is 0 Å². The molecule has 3 heterocycles. The zero-order valence-electron chi connectivity index (χ0n) is 24.3. The first-order valence-electron chi connectivity index (χ1n) is 15.2. The van der Waals surface area contributed by atoms with Crippen LogP contribution in [0.1, 0.15) is 137 Å². The molecule has 0 aromatic rings. The lowest BCUT2D eigenvalue weighted by Gasteiger charge is -2.36. The van der Waals surface area contributed by atoms with E-state index in [9.17, 15) is 4.79 Å². The van der Waals surface area contributed by atoms with Gasteiger partial charge in [0.15, 0.2) is 17.9 Å². The Labute approximate surface area is 225 Å². The molecule has 0 aliphatic carbocycles. The molecule has 0 radical (unpaired) electrons. The van der Waals surface area contributed by atoms with Crippen molar-refractivity contribution >= 4 is 5.97 Å². The number of rotatable bonds is 18. The van der Waals surface area contributed by atoms with Gasteiger partial charge in [0.05, 0.1) is 0 Å². The summed E-state index contributed by atoms with van der Waals surface area (Å²) in [6, 6.07) is 0. The molecule has 0 bridgehead atoms. The average molecular weight is 527 g/mol. The van der Waals surface area contributed by atoms with Gasteiger partial charge in [0, 0.05) is 6.42 Å². The third kappa shape index (κ3) is 10.4. The van der Waals surface area contributed by atoms with E-state index in [1.165, 1.54) is 83.5 Å². The van der Waals surface area contributed by atoms with Crippen molar-refractivity contribution in [3.8, 4) is 0 Å². The Balaban J connectivity index is 1.20. The van der Waals surface area contributed by atoms with Crippen LogP contribution in [-0.2, 0) is 33.2 Å². The van der Waals surface area contributed by atoms with E-state index in [1.807, 2.05) is 27.7 Å². The van der Waals surface area contributed by atoms with Crippen molar-refractivity contribution in [2.45, 2.75) is 180 Å². The Bertz CT molecular complexity index is 664. The average Bonchev–Trinajstić information content (AvgIpc) is 3.33. The quantitative estimate of drug-likeness (QED) is 0.138. The third-order valence-corrected chi connectivity index (χ3v) is 7.64. The van der Waals surface area contributed by atoms with E-state index in [-0.39, 0.29) is 30.9 Å². The fourth-order valence-electron chi connectivity index (χ4n) is 5.72. The monoisotopic (exact) mass is 526 g/mol. The predicted molar refractivity (Wildman–Crippen MR) is 143 cm³/mol. The molecule has 3 fully saturated rings. The predicted octanol–water partition coefficient (Wildman–Crippen LogP) is 7.19. The Morgan fingerprint density at radius 1 is 0.622 bits per heavy atom. The zero-order valence-corrected chi connectivity index (χ0v) is 24.3. The molecule has 216 valence electrons. The van der Waals surface area contributed by atoms with Crippen LogP contribution in [0, 0.1) is 0 Å². The summed E-state index contributed by atoms with van der Waals surface area (Å²) in [4.78, 5) is 12.4. The van der Waals surface area contributed by atoms with Crippen LogP contribution in [0.25, 0.3) is 0 Å². The number of carbonyl (C=O) groups is 1. The first kappa shape index (κ1) is 30.8. The van der Waals surface area contributed by atoms with Crippen molar-refractivity contribution in [1.29, 1.82) is 0 Å². The van der Waals surface area contributed by atoms with Gasteiger partial charge in [-0.15, -0.1) is 0 Å². The number of esters is 1. The second kappa shape index (κ2) is 15.2. The van der Waals surface area contributed by atoms with E-state index in [0.29, 0.717) is 6.42 Å². The highest BCUT2D eigenvalue weighted by atomic mass is 16.9. The van der Waals surface area contributed by atoms with E-state index < -0.39 is 24.0 Å². The molecular weight excluding hydrogens is 472 g/mol. The number of hydrogen-bond acceptors (Lipinski definition) is 7. The van der Waals surface area contributed by atoms with Gasteiger partial charge in [0.2, 0.25) is 0 Å². The van der Waals surface area contributed by atoms with Crippen molar-refractivity contribution in [2.75, 3.05) is 6.61 Å². The summed E-state index contributed by atoms with van der Waals surface area (Å²) >= 11 is 0. The minimum absolute atomic E-state index is 0.130. The number of fused-ring (bicyclic) bond motifs is 3. The summed E-state index contributed by atoms with van der Waals surface area (Å²) in [5.41, 5.74) is 0. The second-order valence-electron chi connectivity index (χ2n) is 12.1. The van der Waals surface area contributed by atoms with Crippen molar-refractivity contribution in [3.05, 3.63) is 0 Å². The number of ether oxygens (including phenoxy) is 6. The van der Waals surface area contributed by atoms with Crippen LogP contribution in [0.5, 0.6) is 0 Å². The summed E-state index contributed by atoms with van der Waals surface area (Å²) in [6.45, 7) is 9.87. The Hall–Kier alpha value is -0.730. The highest BCUT2D eigenvalue weighted by Gasteiger charge is 2.60. The van der Waals surface area contributed by atoms with Gasteiger partial charge < -0.3 is 28.4 Å². The molecule has 7 nitrogen and oxygen atoms in total. The molecule has 0 aromatic carbocycles. The van der Waals surface area contributed by atoms with E-state index in [1.54, 1.807) is 0 Å². The summed E-state index contributed by atoms with van der Waals surface area (Å²) in [6.07, 6.45) is 18.0. The maximum atomic E-state index is 12.4. The van der Waals surface area contributed by atoms with Crippen molar-refractivity contribution < 1.29 is 33.2 Å². The van der Waals surface area contributed by atoms with Gasteiger partial charge in [-0.2, -0.15) is 0 Å². The van der Waals surface area contributed by atoms with Gasteiger partial charge in [-0.05, 0) is 34.1 Å². The molecule has 3 rings (SSSR count). The third-order valence-electron chi connectivity index (χ3n) is 7.64. The first-order chi connectivity index (χ1) is 17.7. The number of unbranched alkanes of at least 4 members (excludes halogenated alkanes) is 14. The van der Waals surface area contributed by atoms with Crippen LogP contribution in [0.15, 0.2) is 0 Å². The molecule has 3 aliphatic rings. The van der Waals surface area contributed by atoms with Crippen LogP contribution in [0.4, 0.5) is 0 Å². The van der Waals surface area contributed by atoms with Crippen LogP contribution < -0.4 is 0 Å². The molecule has 0 spiro atoms. The van der Waals surface area contributed by atoms with Gasteiger partial charge in [0.1, 0.15) is 31.0 Å². The second-order valence-corrected chi connectivity index (χ2v) is 12.1. The maximum absolute atomic E-state index is 12.4. The van der Waals surface area contributed by atoms with Crippen molar-refractivity contribution in [1.82, 2.24) is 0 Å². The van der Waals surface area contributed by atoms with Crippen LogP contribution in [0.3, 0.4) is 0 Å². The summed E-state index contributed by atoms with van der Waals surface area (Å²) in [7, 11) is 0. The van der Waals surface area contributed by atoms with Crippen LogP contribution >= 0.6 is 0 Å². The van der Waals surface area contributed by atoms with E-state index in [2.05, 4.69) is 6.92 Å². The van der Waals surface area contributed by atoms with Crippen LogP contribution in [0.2, 0.25) is 0 Å². The molecule has 0 unspecified atom stereocenters. The van der Waals surface area contributed by atoms with Gasteiger partial charge in [-0.1, -0.05) is 96.8 Å². The van der Waals surface area contributed by atoms with Crippen LogP contribution in [-0.4, -0.2) is 54.9 Å². The van der Waals surface area contributed by atoms with Crippen molar-refractivity contribution in [2.24, 2.45) is 0 Å². The molecule has 0 aromatic heterocycles. The fourth-order valence-corrected chi connectivity index (χ4v) is 5.72. The number of carbonyl (C=O) groups excluding carboxylic acids is 1. The van der Waals surface area contributed by atoms with Gasteiger partial charge in [-0.3, -0.25) is 4.79 Å². The maximum Gasteiger partial charge on any atom is 0.305 e. The molecule has 3 saturated heterocycles. The number of hydrogen-bond donors (Lipinski definition) is 0. The molecule has 3 aliphatic heterocycles.